The third-order valence-electron chi connectivity index (χ3n) is 2.67. The topological polar surface area (TPSA) is 47.0 Å². The molecule has 0 bridgehead atoms. The van der Waals surface area contributed by atoms with Gasteiger partial charge in [-0.25, -0.2) is 4.98 Å². The van der Waals surface area contributed by atoms with Crippen LogP contribution in [0.4, 0.5) is 0 Å². The molecule has 0 radical (unpaired) electrons. The number of nitrogens with zero attached hydrogens (tertiary/aromatic N) is 2. The van der Waals surface area contributed by atoms with Gasteiger partial charge in [0, 0.05) is 24.2 Å². The van der Waals surface area contributed by atoms with Gasteiger partial charge in [0.1, 0.15) is 11.9 Å². The fourth-order valence-corrected chi connectivity index (χ4v) is 1.78. The number of aromatic nitrogens is 2. The molecule has 0 spiro atoms. The molecule has 1 saturated heterocycles. The van der Waals surface area contributed by atoms with Crippen molar-refractivity contribution in [2.24, 2.45) is 0 Å². The van der Waals surface area contributed by atoms with Crippen molar-refractivity contribution in [3.8, 4) is 5.88 Å². The van der Waals surface area contributed by atoms with E-state index in [9.17, 15) is 0 Å². The van der Waals surface area contributed by atoms with E-state index < -0.39 is 0 Å². The Labute approximate surface area is 96.4 Å². The van der Waals surface area contributed by atoms with Gasteiger partial charge in [-0.05, 0) is 19.9 Å². The quantitative estimate of drug-likeness (QED) is 0.843. The number of hydrogen-bond donors (Lipinski definition) is 1. The predicted molar refractivity (Wildman–Crippen MR) is 62.8 cm³/mol. The van der Waals surface area contributed by atoms with Crippen LogP contribution in [0.1, 0.15) is 37.7 Å². The van der Waals surface area contributed by atoms with Crippen molar-refractivity contribution >= 4 is 0 Å². The summed E-state index contributed by atoms with van der Waals surface area (Å²) in [6.45, 7) is 8.12. The summed E-state index contributed by atoms with van der Waals surface area (Å²) < 4.78 is 5.83. The van der Waals surface area contributed by atoms with E-state index in [4.69, 9.17) is 4.74 Å². The van der Waals surface area contributed by atoms with E-state index in [2.05, 4.69) is 29.1 Å². The zero-order valence-electron chi connectivity index (χ0n) is 10.2. The van der Waals surface area contributed by atoms with Crippen LogP contribution >= 0.6 is 0 Å². The molecule has 88 valence electrons. The lowest BCUT2D eigenvalue weighted by Gasteiger charge is -2.13. The van der Waals surface area contributed by atoms with Gasteiger partial charge in [-0.15, -0.1) is 0 Å². The summed E-state index contributed by atoms with van der Waals surface area (Å²) in [4.78, 5) is 8.84. The largest absolute Gasteiger partial charge is 0.473 e. The van der Waals surface area contributed by atoms with Crippen LogP contribution in [0.15, 0.2) is 6.07 Å². The van der Waals surface area contributed by atoms with Crippen molar-refractivity contribution in [3.63, 3.8) is 0 Å². The van der Waals surface area contributed by atoms with Crippen molar-refractivity contribution in [2.75, 3.05) is 13.1 Å². The molecular weight excluding hydrogens is 202 g/mol. The minimum absolute atomic E-state index is 0.259. The van der Waals surface area contributed by atoms with Gasteiger partial charge in [-0.1, -0.05) is 13.8 Å². The van der Waals surface area contributed by atoms with Crippen molar-refractivity contribution < 1.29 is 4.74 Å². The molecule has 0 saturated carbocycles. The first-order chi connectivity index (χ1) is 7.65. The Kier molecular flexibility index (Phi) is 3.39. The normalized spacial score (nSPS) is 20.4. The lowest BCUT2D eigenvalue weighted by atomic mass is 10.2. The second-order valence-electron chi connectivity index (χ2n) is 4.59. The molecular formula is C12H19N3O. The lowest BCUT2D eigenvalue weighted by Crippen LogP contribution is -2.20. The van der Waals surface area contributed by atoms with Crippen molar-refractivity contribution in [2.45, 2.75) is 39.2 Å². The first kappa shape index (κ1) is 11.3. The molecule has 4 nitrogen and oxygen atoms in total. The molecule has 1 N–H and O–H groups in total. The summed E-state index contributed by atoms with van der Waals surface area (Å²) in [6.07, 6.45) is 1.31. The van der Waals surface area contributed by atoms with Crippen molar-refractivity contribution in [1.82, 2.24) is 15.3 Å². The standard InChI is InChI=1S/C12H19N3O/c1-8(2)12-14-9(3)6-11(15-12)16-10-4-5-13-7-10/h6,8,10,13H,4-5,7H2,1-3H3. The third-order valence-corrected chi connectivity index (χ3v) is 2.67. The number of ether oxygens (including phenoxy) is 1. The van der Waals surface area contributed by atoms with E-state index in [1.165, 1.54) is 0 Å². The molecule has 1 aliphatic heterocycles. The number of aryl methyl sites for hydroxylation is 1. The maximum absolute atomic E-state index is 5.83. The van der Waals surface area contributed by atoms with Gasteiger partial charge in [-0.2, -0.15) is 4.98 Å². The molecule has 0 amide bonds. The SMILES string of the molecule is Cc1cc(OC2CCNC2)nc(C(C)C)n1. The Hall–Kier alpha value is -1.16. The Morgan fingerprint density at radius 1 is 1.44 bits per heavy atom. The summed E-state index contributed by atoms with van der Waals surface area (Å²) in [5, 5.41) is 3.28. The van der Waals surface area contributed by atoms with Gasteiger partial charge in [0.05, 0.1) is 0 Å². The van der Waals surface area contributed by atoms with E-state index in [-0.39, 0.29) is 6.10 Å². The zero-order valence-corrected chi connectivity index (χ0v) is 10.2. The Balaban J connectivity index is 2.13. The fraction of sp³-hybridized carbons (Fsp3) is 0.667. The summed E-state index contributed by atoms with van der Waals surface area (Å²) >= 11 is 0. The minimum atomic E-state index is 0.259. The van der Waals surface area contributed by atoms with E-state index in [0.717, 1.165) is 31.0 Å². The van der Waals surface area contributed by atoms with Gasteiger partial charge in [0.15, 0.2) is 0 Å². The highest BCUT2D eigenvalue weighted by molar-refractivity contribution is 5.17. The van der Waals surface area contributed by atoms with Crippen LogP contribution in [-0.4, -0.2) is 29.2 Å². The van der Waals surface area contributed by atoms with Crippen LogP contribution in [0.25, 0.3) is 0 Å². The van der Waals surface area contributed by atoms with Crippen molar-refractivity contribution in [3.05, 3.63) is 17.6 Å². The summed E-state index contributed by atoms with van der Waals surface area (Å²) in [5.41, 5.74) is 0.972. The average molecular weight is 221 g/mol. The molecule has 16 heavy (non-hydrogen) atoms. The molecule has 1 aromatic rings. The summed E-state index contributed by atoms with van der Waals surface area (Å²) in [6, 6.07) is 1.91. The molecule has 1 atom stereocenters. The average Bonchev–Trinajstić information content (AvgIpc) is 2.69. The first-order valence-electron chi connectivity index (χ1n) is 5.88. The molecule has 1 aromatic heterocycles. The van der Waals surface area contributed by atoms with Crippen LogP contribution in [-0.2, 0) is 0 Å². The smallest absolute Gasteiger partial charge is 0.217 e. The Morgan fingerprint density at radius 2 is 2.25 bits per heavy atom. The lowest BCUT2D eigenvalue weighted by molar-refractivity contribution is 0.212. The third kappa shape index (κ3) is 2.70. The number of rotatable bonds is 3. The van der Waals surface area contributed by atoms with Gasteiger partial charge in [0.25, 0.3) is 0 Å². The van der Waals surface area contributed by atoms with E-state index in [1.54, 1.807) is 0 Å². The maximum Gasteiger partial charge on any atom is 0.217 e. The van der Waals surface area contributed by atoms with Gasteiger partial charge in [0.2, 0.25) is 5.88 Å². The van der Waals surface area contributed by atoms with Crippen LogP contribution in [0.5, 0.6) is 5.88 Å². The highest BCUT2D eigenvalue weighted by Gasteiger charge is 2.17. The van der Waals surface area contributed by atoms with E-state index >= 15 is 0 Å². The number of nitrogens with one attached hydrogen (secondary N) is 1. The molecule has 0 aromatic carbocycles. The monoisotopic (exact) mass is 221 g/mol. The summed E-state index contributed by atoms with van der Waals surface area (Å²) in [7, 11) is 0. The highest BCUT2D eigenvalue weighted by Crippen LogP contribution is 2.17. The second kappa shape index (κ2) is 4.78. The molecule has 1 fully saturated rings. The minimum Gasteiger partial charge on any atom is -0.473 e. The van der Waals surface area contributed by atoms with Gasteiger partial charge in [-0.3, -0.25) is 0 Å². The van der Waals surface area contributed by atoms with E-state index in [0.29, 0.717) is 11.8 Å². The number of hydrogen-bond acceptors (Lipinski definition) is 4. The molecule has 1 aliphatic rings. The summed E-state index contributed by atoms with van der Waals surface area (Å²) in [5.74, 6) is 1.91. The van der Waals surface area contributed by atoms with Gasteiger partial charge < -0.3 is 10.1 Å². The zero-order chi connectivity index (χ0) is 11.5. The van der Waals surface area contributed by atoms with Crippen LogP contribution in [0.2, 0.25) is 0 Å². The van der Waals surface area contributed by atoms with Gasteiger partial charge >= 0.3 is 0 Å². The maximum atomic E-state index is 5.83. The Morgan fingerprint density at radius 3 is 2.88 bits per heavy atom. The molecule has 2 rings (SSSR count). The molecule has 4 heteroatoms. The molecule has 2 heterocycles. The molecule has 0 aliphatic carbocycles. The van der Waals surface area contributed by atoms with Crippen LogP contribution < -0.4 is 10.1 Å². The molecule has 1 unspecified atom stereocenters. The Bertz CT molecular complexity index is 359. The second-order valence-corrected chi connectivity index (χ2v) is 4.59. The fourth-order valence-electron chi connectivity index (χ4n) is 1.78. The first-order valence-corrected chi connectivity index (χ1v) is 5.88. The predicted octanol–water partition coefficient (Wildman–Crippen LogP) is 1.65. The van der Waals surface area contributed by atoms with Crippen LogP contribution in [0, 0.1) is 6.92 Å². The van der Waals surface area contributed by atoms with Crippen LogP contribution in [0.3, 0.4) is 0 Å². The van der Waals surface area contributed by atoms with Crippen molar-refractivity contribution in [1.29, 1.82) is 0 Å². The van der Waals surface area contributed by atoms with E-state index in [1.807, 2.05) is 13.0 Å². The highest BCUT2D eigenvalue weighted by atomic mass is 16.5.